The van der Waals surface area contributed by atoms with Gasteiger partial charge in [0.05, 0.1) is 5.56 Å². The first-order valence-electron chi connectivity index (χ1n) is 8.57. The molecule has 0 atom stereocenters. The smallest absolute Gasteiger partial charge is 0.339 e. The molecule has 0 aromatic heterocycles. The molecule has 0 spiro atoms. The molecule has 140 valence electrons. The highest BCUT2D eigenvalue weighted by atomic mass is 32.2. The third-order valence-electron chi connectivity index (χ3n) is 4.25. The maximum absolute atomic E-state index is 12.5. The minimum atomic E-state index is -3.98. The third-order valence-corrected chi connectivity index (χ3v) is 5.52. The van der Waals surface area contributed by atoms with Crippen LogP contribution in [-0.2, 0) is 10.1 Å². The number of hydrogen-bond acceptors (Lipinski definition) is 5. The second kappa shape index (κ2) is 6.98. The molecule has 5 nitrogen and oxygen atoms in total. The molecule has 3 aromatic rings. The van der Waals surface area contributed by atoms with Gasteiger partial charge in [0.2, 0.25) is 5.78 Å². The number of hydrogen-bond donors (Lipinski definition) is 0. The predicted octanol–water partition coefficient (Wildman–Crippen LogP) is 4.38. The summed E-state index contributed by atoms with van der Waals surface area (Å²) in [5.74, 6) is 0.267. The summed E-state index contributed by atoms with van der Waals surface area (Å²) in [5, 5.41) is 0. The molecule has 0 aliphatic carbocycles. The number of fused-ring (bicyclic) bond motifs is 1. The molecule has 0 bridgehead atoms. The van der Waals surface area contributed by atoms with Gasteiger partial charge in [0.1, 0.15) is 16.4 Å². The van der Waals surface area contributed by atoms with E-state index in [1.54, 1.807) is 18.2 Å². The molecule has 1 heterocycles. The molecule has 0 saturated carbocycles. The molecular weight excluding hydrogens is 376 g/mol. The van der Waals surface area contributed by atoms with Crippen LogP contribution in [0.2, 0.25) is 0 Å². The molecule has 4 rings (SSSR count). The molecule has 0 radical (unpaired) electrons. The number of benzene rings is 3. The van der Waals surface area contributed by atoms with E-state index >= 15 is 0 Å². The van der Waals surface area contributed by atoms with Crippen molar-refractivity contribution in [1.82, 2.24) is 0 Å². The Morgan fingerprint density at radius 2 is 1.64 bits per heavy atom. The highest BCUT2D eigenvalue weighted by molar-refractivity contribution is 7.87. The molecule has 0 amide bonds. The van der Waals surface area contributed by atoms with E-state index in [-0.39, 0.29) is 27.9 Å². The number of ketones is 1. The lowest BCUT2D eigenvalue weighted by atomic mass is 10.1. The first-order valence-corrected chi connectivity index (χ1v) is 9.98. The molecule has 0 N–H and O–H groups in total. The number of carbonyl (C=O) groups excluding carboxylic acids is 1. The van der Waals surface area contributed by atoms with Crippen LogP contribution in [0.1, 0.15) is 21.5 Å². The lowest BCUT2D eigenvalue weighted by Crippen LogP contribution is -2.09. The quantitative estimate of drug-likeness (QED) is 0.487. The fourth-order valence-corrected chi connectivity index (χ4v) is 3.72. The number of aryl methyl sites for hydroxylation is 1. The predicted molar refractivity (Wildman–Crippen MR) is 105 cm³/mol. The summed E-state index contributed by atoms with van der Waals surface area (Å²) in [6.45, 7) is 1.87. The van der Waals surface area contributed by atoms with Gasteiger partial charge >= 0.3 is 10.1 Å². The van der Waals surface area contributed by atoms with E-state index < -0.39 is 10.1 Å². The molecule has 1 aliphatic rings. The van der Waals surface area contributed by atoms with Crippen molar-refractivity contribution >= 4 is 22.0 Å². The number of rotatable bonds is 4. The van der Waals surface area contributed by atoms with E-state index in [4.69, 9.17) is 8.92 Å². The summed E-state index contributed by atoms with van der Waals surface area (Å²) >= 11 is 0. The largest absolute Gasteiger partial charge is 0.452 e. The lowest BCUT2D eigenvalue weighted by Gasteiger charge is -2.08. The molecule has 1 aliphatic heterocycles. The normalized spacial score (nSPS) is 14.6. The first kappa shape index (κ1) is 18.0. The minimum Gasteiger partial charge on any atom is -0.452 e. The Morgan fingerprint density at radius 3 is 2.36 bits per heavy atom. The van der Waals surface area contributed by atoms with Gasteiger partial charge < -0.3 is 8.92 Å². The van der Waals surface area contributed by atoms with Crippen molar-refractivity contribution in [2.45, 2.75) is 11.8 Å². The van der Waals surface area contributed by atoms with Crippen LogP contribution in [0.25, 0.3) is 6.08 Å². The minimum absolute atomic E-state index is 0.0558. The maximum Gasteiger partial charge on any atom is 0.339 e. The average molecular weight is 392 g/mol. The van der Waals surface area contributed by atoms with Crippen molar-refractivity contribution in [3.8, 4) is 11.5 Å². The second-order valence-electron chi connectivity index (χ2n) is 6.36. The number of carbonyl (C=O) groups is 1. The van der Waals surface area contributed by atoms with Crippen LogP contribution < -0.4 is 8.92 Å². The van der Waals surface area contributed by atoms with E-state index in [2.05, 4.69) is 0 Å². The Balaban J connectivity index is 1.60. The molecule has 3 aromatic carbocycles. The van der Waals surface area contributed by atoms with Gasteiger partial charge in [-0.3, -0.25) is 4.79 Å². The summed E-state index contributed by atoms with van der Waals surface area (Å²) in [6.07, 6.45) is 1.64. The maximum atomic E-state index is 12.5. The van der Waals surface area contributed by atoms with Gasteiger partial charge in [0, 0.05) is 6.07 Å². The number of ether oxygens (including phenoxy) is 1. The Hall–Kier alpha value is -3.38. The van der Waals surface area contributed by atoms with E-state index in [0.717, 1.165) is 11.1 Å². The molecule has 0 fully saturated rings. The van der Waals surface area contributed by atoms with Crippen molar-refractivity contribution < 1.29 is 22.1 Å². The van der Waals surface area contributed by atoms with Crippen LogP contribution in [0.15, 0.2) is 83.5 Å². The zero-order valence-corrected chi connectivity index (χ0v) is 15.8. The highest BCUT2D eigenvalue weighted by Crippen LogP contribution is 2.35. The van der Waals surface area contributed by atoms with Crippen molar-refractivity contribution in [2.75, 3.05) is 0 Å². The lowest BCUT2D eigenvalue weighted by molar-refractivity contribution is 0.101. The Labute approximate surface area is 163 Å². The monoisotopic (exact) mass is 392 g/mol. The summed E-state index contributed by atoms with van der Waals surface area (Å²) < 4.78 is 35.7. The van der Waals surface area contributed by atoms with Gasteiger partial charge in [0.15, 0.2) is 5.76 Å². The fourth-order valence-electron chi connectivity index (χ4n) is 2.80. The summed E-state index contributed by atoms with van der Waals surface area (Å²) in [5.41, 5.74) is 2.14. The summed E-state index contributed by atoms with van der Waals surface area (Å²) in [6, 6.07) is 20.0. The van der Waals surface area contributed by atoms with Crippen molar-refractivity contribution in [2.24, 2.45) is 0 Å². The van der Waals surface area contributed by atoms with E-state index in [0.29, 0.717) is 5.56 Å². The summed E-state index contributed by atoms with van der Waals surface area (Å²) in [7, 11) is -3.98. The Morgan fingerprint density at radius 1 is 0.929 bits per heavy atom. The highest BCUT2D eigenvalue weighted by Gasteiger charge is 2.28. The molecule has 0 saturated heterocycles. The topological polar surface area (TPSA) is 69.7 Å². The second-order valence-corrected chi connectivity index (χ2v) is 7.91. The Kier molecular flexibility index (Phi) is 4.49. The van der Waals surface area contributed by atoms with E-state index in [9.17, 15) is 13.2 Å². The number of Topliss-reactive ketones (excluding diaryl/α,β-unsaturated/α-hetero) is 1. The molecule has 28 heavy (non-hydrogen) atoms. The standard InChI is InChI=1S/C22H16O5S/c1-15-7-10-18(11-8-15)28(24,25)27-17-9-12-19-20(14-17)26-21(22(19)23)13-16-5-3-2-4-6-16/h2-14H,1H3. The van der Waals surface area contributed by atoms with Crippen LogP contribution in [0.4, 0.5) is 0 Å². The van der Waals surface area contributed by atoms with Gasteiger partial charge in [-0.15, -0.1) is 0 Å². The third kappa shape index (κ3) is 3.54. The van der Waals surface area contributed by atoms with E-state index in [1.807, 2.05) is 37.3 Å². The molecular formula is C22H16O5S. The van der Waals surface area contributed by atoms with Gasteiger partial charge in [0.25, 0.3) is 0 Å². The Bertz CT molecular complexity index is 1180. The molecule has 6 heteroatoms. The van der Waals surface area contributed by atoms with Crippen LogP contribution >= 0.6 is 0 Å². The van der Waals surface area contributed by atoms with Crippen molar-refractivity contribution in [3.63, 3.8) is 0 Å². The zero-order chi connectivity index (χ0) is 19.7. The van der Waals surface area contributed by atoms with Gasteiger partial charge in [-0.2, -0.15) is 8.42 Å². The summed E-state index contributed by atoms with van der Waals surface area (Å²) in [4.78, 5) is 12.6. The fraction of sp³-hybridized carbons (Fsp3) is 0.0455. The first-order chi connectivity index (χ1) is 13.4. The van der Waals surface area contributed by atoms with Gasteiger partial charge in [-0.1, -0.05) is 48.0 Å². The van der Waals surface area contributed by atoms with Gasteiger partial charge in [-0.05, 0) is 42.8 Å². The van der Waals surface area contributed by atoms with Crippen LogP contribution in [-0.4, -0.2) is 14.2 Å². The number of allylic oxidation sites excluding steroid dienone is 1. The van der Waals surface area contributed by atoms with Crippen molar-refractivity contribution in [3.05, 3.63) is 95.2 Å². The van der Waals surface area contributed by atoms with Crippen LogP contribution in [0.3, 0.4) is 0 Å². The zero-order valence-electron chi connectivity index (χ0n) is 15.0. The van der Waals surface area contributed by atoms with Crippen LogP contribution in [0.5, 0.6) is 11.5 Å². The van der Waals surface area contributed by atoms with Gasteiger partial charge in [-0.25, -0.2) is 0 Å². The van der Waals surface area contributed by atoms with Crippen LogP contribution in [0, 0.1) is 6.92 Å². The SMILES string of the molecule is Cc1ccc(S(=O)(=O)Oc2ccc3c(c2)OC(=Cc2ccccc2)C3=O)cc1. The molecule has 0 unspecified atom stereocenters. The van der Waals surface area contributed by atoms with Crippen molar-refractivity contribution in [1.29, 1.82) is 0 Å². The average Bonchev–Trinajstić information content (AvgIpc) is 2.97. The van der Waals surface area contributed by atoms with E-state index in [1.165, 1.54) is 30.3 Å².